The molecule has 1 rings (SSSR count). The fraction of sp³-hybridized carbons (Fsp3) is 0.300. The SMILES string of the molecule is COCCN=C(NN)Nc1cc(F)ccc1Cl. The smallest absolute Gasteiger partial charge is 0.210 e. The molecule has 0 aliphatic heterocycles. The van der Waals surface area contributed by atoms with Crippen LogP contribution in [0.5, 0.6) is 0 Å². The molecule has 0 spiro atoms. The number of nitrogens with zero attached hydrogens (tertiary/aromatic N) is 1. The summed E-state index contributed by atoms with van der Waals surface area (Å²) in [5.41, 5.74) is 2.75. The van der Waals surface area contributed by atoms with Crippen molar-refractivity contribution in [3.8, 4) is 0 Å². The third-order valence-corrected chi connectivity index (χ3v) is 2.21. The zero-order chi connectivity index (χ0) is 12.7. The molecule has 4 N–H and O–H groups in total. The van der Waals surface area contributed by atoms with Crippen LogP contribution in [-0.4, -0.2) is 26.2 Å². The fourth-order valence-corrected chi connectivity index (χ4v) is 1.26. The van der Waals surface area contributed by atoms with Gasteiger partial charge in [0.05, 0.1) is 23.9 Å². The van der Waals surface area contributed by atoms with Crippen molar-refractivity contribution in [1.29, 1.82) is 0 Å². The maximum Gasteiger partial charge on any atom is 0.210 e. The number of guanidine groups is 1. The summed E-state index contributed by atoms with van der Waals surface area (Å²) in [6.07, 6.45) is 0. The Bertz CT molecular complexity index is 400. The molecule has 0 aliphatic carbocycles. The van der Waals surface area contributed by atoms with E-state index in [0.717, 1.165) is 0 Å². The van der Waals surface area contributed by atoms with Crippen LogP contribution in [0, 0.1) is 5.82 Å². The first-order valence-corrected chi connectivity index (χ1v) is 5.27. The van der Waals surface area contributed by atoms with Gasteiger partial charge in [0.2, 0.25) is 5.96 Å². The van der Waals surface area contributed by atoms with Gasteiger partial charge >= 0.3 is 0 Å². The summed E-state index contributed by atoms with van der Waals surface area (Å²) in [5.74, 6) is 5.16. The average Bonchev–Trinajstić information content (AvgIpc) is 2.32. The normalized spacial score (nSPS) is 11.4. The van der Waals surface area contributed by atoms with Crippen LogP contribution >= 0.6 is 11.6 Å². The summed E-state index contributed by atoms with van der Waals surface area (Å²) in [5, 5.41) is 3.16. The second-order valence-electron chi connectivity index (χ2n) is 3.12. The lowest BCUT2D eigenvalue weighted by molar-refractivity contribution is 0.208. The van der Waals surface area contributed by atoms with E-state index < -0.39 is 5.82 Å². The van der Waals surface area contributed by atoms with Gasteiger partial charge in [0, 0.05) is 7.11 Å². The summed E-state index contributed by atoms with van der Waals surface area (Å²) in [7, 11) is 1.57. The number of methoxy groups -OCH3 is 1. The lowest BCUT2D eigenvalue weighted by Gasteiger charge is -2.10. The van der Waals surface area contributed by atoms with Crippen molar-refractivity contribution < 1.29 is 9.13 Å². The van der Waals surface area contributed by atoms with Crippen LogP contribution in [0.25, 0.3) is 0 Å². The van der Waals surface area contributed by atoms with Gasteiger partial charge in [-0.3, -0.25) is 5.43 Å². The maximum absolute atomic E-state index is 13.0. The number of anilines is 1. The van der Waals surface area contributed by atoms with E-state index in [1.807, 2.05) is 0 Å². The highest BCUT2D eigenvalue weighted by atomic mass is 35.5. The van der Waals surface area contributed by atoms with Crippen LogP contribution < -0.4 is 16.6 Å². The standard InChI is InChI=1S/C10H14ClFN4O/c1-17-5-4-14-10(16-13)15-9-6-7(12)2-3-8(9)11/h2-3,6H,4-5,13H2,1H3,(H2,14,15,16). The zero-order valence-corrected chi connectivity index (χ0v) is 10.1. The highest BCUT2D eigenvalue weighted by Crippen LogP contribution is 2.22. The van der Waals surface area contributed by atoms with E-state index in [1.165, 1.54) is 18.2 Å². The first-order chi connectivity index (χ1) is 8.17. The van der Waals surface area contributed by atoms with Crippen LogP contribution in [0.3, 0.4) is 0 Å². The van der Waals surface area contributed by atoms with Crippen LogP contribution in [0.1, 0.15) is 0 Å². The van der Waals surface area contributed by atoms with Gasteiger partial charge < -0.3 is 10.1 Å². The Morgan fingerprint density at radius 1 is 1.59 bits per heavy atom. The molecule has 0 amide bonds. The van der Waals surface area contributed by atoms with Crippen molar-refractivity contribution in [3.63, 3.8) is 0 Å². The topological polar surface area (TPSA) is 71.7 Å². The predicted molar refractivity (Wildman–Crippen MR) is 66.5 cm³/mol. The second kappa shape index (κ2) is 7.05. The molecule has 0 aromatic heterocycles. The average molecular weight is 261 g/mol. The monoisotopic (exact) mass is 260 g/mol. The Morgan fingerprint density at radius 3 is 3.00 bits per heavy atom. The number of aliphatic imine (C=N–C) groups is 1. The summed E-state index contributed by atoms with van der Waals surface area (Å²) in [4.78, 5) is 4.06. The Balaban J connectivity index is 2.73. The van der Waals surface area contributed by atoms with E-state index in [2.05, 4.69) is 15.7 Å². The molecule has 0 saturated carbocycles. The van der Waals surface area contributed by atoms with Gasteiger partial charge in [-0.05, 0) is 18.2 Å². The molecular weight excluding hydrogens is 247 g/mol. The molecule has 0 unspecified atom stereocenters. The summed E-state index contributed by atoms with van der Waals surface area (Å²) < 4.78 is 17.8. The molecule has 1 aromatic carbocycles. The van der Waals surface area contributed by atoms with Crippen LogP contribution in [0.2, 0.25) is 5.02 Å². The number of ether oxygens (including phenoxy) is 1. The molecule has 94 valence electrons. The van der Waals surface area contributed by atoms with Crippen LogP contribution in [0.4, 0.5) is 10.1 Å². The molecule has 7 heteroatoms. The van der Waals surface area contributed by atoms with Gasteiger partial charge in [0.1, 0.15) is 5.82 Å². The lowest BCUT2D eigenvalue weighted by atomic mass is 10.3. The van der Waals surface area contributed by atoms with E-state index >= 15 is 0 Å². The van der Waals surface area contributed by atoms with Gasteiger partial charge in [0.25, 0.3) is 0 Å². The van der Waals surface area contributed by atoms with Gasteiger partial charge in [-0.1, -0.05) is 11.6 Å². The van der Waals surface area contributed by atoms with Crippen molar-refractivity contribution in [2.45, 2.75) is 0 Å². The van der Waals surface area contributed by atoms with Gasteiger partial charge in [0.15, 0.2) is 0 Å². The van der Waals surface area contributed by atoms with E-state index in [-0.39, 0.29) is 5.96 Å². The molecule has 0 bridgehead atoms. The van der Waals surface area contributed by atoms with Crippen LogP contribution in [-0.2, 0) is 4.74 Å². The van der Waals surface area contributed by atoms with Crippen molar-refractivity contribution in [1.82, 2.24) is 5.43 Å². The Hall–Kier alpha value is -1.37. The molecule has 0 aliphatic rings. The van der Waals surface area contributed by atoms with Crippen molar-refractivity contribution in [3.05, 3.63) is 29.0 Å². The van der Waals surface area contributed by atoms with Crippen LogP contribution in [0.15, 0.2) is 23.2 Å². The molecule has 1 aromatic rings. The number of benzene rings is 1. The summed E-state index contributed by atoms with van der Waals surface area (Å²) in [6.45, 7) is 0.889. The minimum Gasteiger partial charge on any atom is -0.383 e. The number of hydrogen-bond donors (Lipinski definition) is 3. The molecule has 17 heavy (non-hydrogen) atoms. The number of halogens is 2. The Kier molecular flexibility index (Phi) is 5.68. The maximum atomic E-state index is 13.0. The van der Waals surface area contributed by atoms with E-state index in [1.54, 1.807) is 7.11 Å². The third kappa shape index (κ3) is 4.56. The van der Waals surface area contributed by atoms with Crippen molar-refractivity contribution in [2.75, 3.05) is 25.6 Å². The first-order valence-electron chi connectivity index (χ1n) is 4.89. The molecule has 0 fully saturated rings. The molecule has 0 saturated heterocycles. The largest absolute Gasteiger partial charge is 0.383 e. The molecule has 0 radical (unpaired) electrons. The third-order valence-electron chi connectivity index (χ3n) is 1.88. The van der Waals surface area contributed by atoms with Crippen molar-refractivity contribution in [2.24, 2.45) is 10.8 Å². The van der Waals surface area contributed by atoms with Crippen molar-refractivity contribution >= 4 is 23.2 Å². The number of hydrazine groups is 1. The predicted octanol–water partition coefficient (Wildman–Crippen LogP) is 1.36. The molecule has 5 nitrogen and oxygen atoms in total. The summed E-state index contributed by atoms with van der Waals surface area (Å²) >= 11 is 5.88. The number of hydrogen-bond acceptors (Lipinski definition) is 3. The number of rotatable bonds is 4. The minimum absolute atomic E-state index is 0.287. The summed E-state index contributed by atoms with van der Waals surface area (Å²) in [6, 6.07) is 3.97. The quantitative estimate of drug-likeness (QED) is 0.251. The van der Waals surface area contributed by atoms with E-state index in [0.29, 0.717) is 23.9 Å². The number of nitrogens with one attached hydrogen (secondary N) is 2. The highest BCUT2D eigenvalue weighted by molar-refractivity contribution is 6.33. The second-order valence-corrected chi connectivity index (χ2v) is 3.52. The molecular formula is C10H14ClFN4O. The first kappa shape index (κ1) is 13.7. The lowest BCUT2D eigenvalue weighted by Crippen LogP contribution is -2.36. The minimum atomic E-state index is -0.398. The Labute approximate surface area is 104 Å². The Morgan fingerprint density at radius 2 is 2.35 bits per heavy atom. The fourth-order valence-electron chi connectivity index (χ4n) is 1.09. The molecule has 0 heterocycles. The van der Waals surface area contributed by atoms with Gasteiger partial charge in [-0.15, -0.1) is 0 Å². The highest BCUT2D eigenvalue weighted by Gasteiger charge is 2.04. The van der Waals surface area contributed by atoms with E-state index in [9.17, 15) is 4.39 Å². The zero-order valence-electron chi connectivity index (χ0n) is 9.34. The van der Waals surface area contributed by atoms with Gasteiger partial charge in [-0.2, -0.15) is 0 Å². The molecule has 0 atom stereocenters. The number of nitrogens with two attached hydrogens (primary N) is 1. The van der Waals surface area contributed by atoms with Gasteiger partial charge in [-0.25, -0.2) is 15.2 Å². The van der Waals surface area contributed by atoms with E-state index in [4.69, 9.17) is 22.2 Å².